The molecule has 0 aliphatic carbocycles. The van der Waals surface area contributed by atoms with Gasteiger partial charge in [-0.15, -0.1) is 0 Å². The van der Waals surface area contributed by atoms with Crippen LogP contribution in [0.1, 0.15) is 26.7 Å². The van der Waals surface area contributed by atoms with Crippen LogP contribution in [-0.4, -0.2) is 31.5 Å². The topological polar surface area (TPSA) is 67.9 Å². The van der Waals surface area contributed by atoms with Crippen LogP contribution in [0.4, 0.5) is 0 Å². The van der Waals surface area contributed by atoms with E-state index in [-0.39, 0.29) is 0 Å². The van der Waals surface area contributed by atoms with Crippen molar-refractivity contribution in [1.29, 1.82) is 0 Å². The van der Waals surface area contributed by atoms with Crippen molar-refractivity contribution in [3.05, 3.63) is 36.5 Å². The van der Waals surface area contributed by atoms with E-state index in [1.165, 1.54) is 0 Å². The highest BCUT2D eigenvalue weighted by Crippen LogP contribution is 2.31. The molecule has 0 aliphatic heterocycles. The van der Waals surface area contributed by atoms with E-state index in [1.54, 1.807) is 6.20 Å². The van der Waals surface area contributed by atoms with Gasteiger partial charge in [-0.3, -0.25) is 4.21 Å². The van der Waals surface area contributed by atoms with Crippen LogP contribution in [0.3, 0.4) is 0 Å². The number of unbranched alkanes of at least 4 members (excludes halogenated alkanes) is 1. The molecule has 0 radical (unpaired) electrons. The van der Waals surface area contributed by atoms with E-state index in [4.69, 9.17) is 4.74 Å². The lowest BCUT2D eigenvalue weighted by molar-refractivity contribution is 0.340. The zero-order valence-electron chi connectivity index (χ0n) is 13.9. The van der Waals surface area contributed by atoms with Crippen LogP contribution in [0, 0.1) is 0 Å². The largest absolute Gasteiger partial charge is 0.493 e. The van der Waals surface area contributed by atoms with Gasteiger partial charge < -0.3 is 9.72 Å². The Bertz CT molecular complexity index is 827. The van der Waals surface area contributed by atoms with Crippen LogP contribution in [-0.2, 0) is 10.8 Å². The average Bonchev–Trinajstić information content (AvgIpc) is 3.03. The number of fused-ring (bicyclic) bond motifs is 1. The second-order valence-corrected chi connectivity index (χ2v) is 7.02. The highest BCUT2D eigenvalue weighted by atomic mass is 32.2. The van der Waals surface area contributed by atoms with Gasteiger partial charge in [0.1, 0.15) is 11.6 Å². The summed E-state index contributed by atoms with van der Waals surface area (Å²) in [5.41, 5.74) is 2.40. The van der Waals surface area contributed by atoms with Gasteiger partial charge in [0.15, 0.2) is 5.65 Å². The fourth-order valence-corrected chi connectivity index (χ4v) is 3.73. The molecule has 0 fully saturated rings. The molecule has 1 aromatic carbocycles. The van der Waals surface area contributed by atoms with Gasteiger partial charge >= 0.3 is 0 Å². The molecule has 0 saturated carbocycles. The van der Waals surface area contributed by atoms with Gasteiger partial charge in [0.2, 0.25) is 0 Å². The second kappa shape index (κ2) is 7.57. The van der Waals surface area contributed by atoms with Crippen LogP contribution in [0.15, 0.2) is 41.4 Å². The number of ether oxygens (including phenoxy) is 1. The molecule has 3 aromatic rings. The molecule has 2 heterocycles. The Labute approximate surface area is 143 Å². The number of rotatable bonds is 7. The molecule has 0 spiro atoms. The van der Waals surface area contributed by atoms with E-state index in [1.807, 2.05) is 37.3 Å². The minimum atomic E-state index is -1.000. The fraction of sp³-hybridized carbons (Fsp3) is 0.333. The van der Waals surface area contributed by atoms with E-state index in [9.17, 15) is 4.21 Å². The van der Waals surface area contributed by atoms with Crippen molar-refractivity contribution >= 4 is 22.0 Å². The standard InChI is InChI=1S/C18H21N3O2S/c1-3-5-11-24(22)13-8-9-14(16(12-13)23-4-2)17-20-15-7-6-10-19-18(15)21-17/h6-10,12H,3-5,11H2,1-2H3,(H,19,20,21). The summed E-state index contributed by atoms with van der Waals surface area (Å²) in [4.78, 5) is 12.8. The van der Waals surface area contributed by atoms with Gasteiger partial charge in [-0.2, -0.15) is 0 Å². The number of aromatic amines is 1. The summed E-state index contributed by atoms with van der Waals surface area (Å²) in [5.74, 6) is 2.08. The first-order chi connectivity index (χ1) is 11.7. The zero-order valence-corrected chi connectivity index (χ0v) is 14.7. The second-order valence-electron chi connectivity index (χ2n) is 5.45. The maximum atomic E-state index is 12.4. The molecule has 3 rings (SSSR count). The van der Waals surface area contributed by atoms with E-state index < -0.39 is 10.8 Å². The van der Waals surface area contributed by atoms with Gasteiger partial charge in [0.05, 0.1) is 28.5 Å². The van der Waals surface area contributed by atoms with E-state index in [2.05, 4.69) is 21.9 Å². The molecular weight excluding hydrogens is 322 g/mol. The van der Waals surface area contributed by atoms with Gasteiger partial charge in [0, 0.05) is 16.8 Å². The van der Waals surface area contributed by atoms with Crippen molar-refractivity contribution in [2.24, 2.45) is 0 Å². The summed E-state index contributed by atoms with van der Waals surface area (Å²) in [5, 5.41) is 0. The summed E-state index contributed by atoms with van der Waals surface area (Å²) in [7, 11) is -1.000. The zero-order chi connectivity index (χ0) is 16.9. The summed E-state index contributed by atoms with van der Waals surface area (Å²) in [6.07, 6.45) is 3.71. The lowest BCUT2D eigenvalue weighted by atomic mass is 10.2. The van der Waals surface area contributed by atoms with Crippen LogP contribution in [0.25, 0.3) is 22.6 Å². The summed E-state index contributed by atoms with van der Waals surface area (Å²) in [6.45, 7) is 4.57. The normalized spacial score (nSPS) is 12.4. The van der Waals surface area contributed by atoms with E-state index in [0.717, 1.165) is 28.8 Å². The molecule has 1 N–H and O–H groups in total. The maximum absolute atomic E-state index is 12.4. The number of nitrogens with one attached hydrogen (secondary N) is 1. The number of H-pyrrole nitrogens is 1. The Morgan fingerprint density at radius 2 is 2.12 bits per heavy atom. The van der Waals surface area contributed by atoms with Crippen LogP contribution < -0.4 is 4.74 Å². The molecule has 0 aliphatic rings. The molecule has 1 unspecified atom stereocenters. The molecule has 0 saturated heterocycles. The van der Waals surface area contributed by atoms with Crippen molar-refractivity contribution < 1.29 is 8.95 Å². The van der Waals surface area contributed by atoms with E-state index >= 15 is 0 Å². The first-order valence-corrected chi connectivity index (χ1v) is 9.51. The number of hydrogen-bond acceptors (Lipinski definition) is 4. The SMILES string of the molecule is CCCCS(=O)c1ccc(-c2nc3ncccc3[nH]2)c(OCC)c1. The number of imidazole rings is 1. The highest BCUT2D eigenvalue weighted by molar-refractivity contribution is 7.85. The van der Waals surface area contributed by atoms with Gasteiger partial charge in [-0.1, -0.05) is 13.3 Å². The molecule has 1 atom stereocenters. The Hall–Kier alpha value is -2.21. The van der Waals surface area contributed by atoms with Gasteiger partial charge in [0.25, 0.3) is 0 Å². The molecule has 0 amide bonds. The number of hydrogen-bond donors (Lipinski definition) is 1. The fourth-order valence-electron chi connectivity index (χ4n) is 2.48. The molecule has 2 aromatic heterocycles. The summed E-state index contributed by atoms with van der Waals surface area (Å²) in [6, 6.07) is 9.48. The predicted molar refractivity (Wildman–Crippen MR) is 96.7 cm³/mol. The third-order valence-electron chi connectivity index (χ3n) is 3.71. The predicted octanol–water partition coefficient (Wildman–Crippen LogP) is 3.93. The number of aromatic nitrogens is 3. The number of benzene rings is 1. The van der Waals surface area contributed by atoms with Crippen molar-refractivity contribution in [2.45, 2.75) is 31.6 Å². The first-order valence-electron chi connectivity index (χ1n) is 8.19. The maximum Gasteiger partial charge on any atom is 0.178 e. The number of pyridine rings is 1. The quantitative estimate of drug-likeness (QED) is 0.706. The molecule has 5 nitrogen and oxygen atoms in total. The van der Waals surface area contributed by atoms with Crippen LogP contribution in [0.5, 0.6) is 5.75 Å². The van der Waals surface area contributed by atoms with Gasteiger partial charge in [-0.25, -0.2) is 9.97 Å². The molecular formula is C18H21N3O2S. The number of nitrogens with zero attached hydrogens (tertiary/aromatic N) is 2. The third-order valence-corrected chi connectivity index (χ3v) is 5.15. The molecule has 6 heteroatoms. The highest BCUT2D eigenvalue weighted by Gasteiger charge is 2.14. The monoisotopic (exact) mass is 343 g/mol. The van der Waals surface area contributed by atoms with Crippen LogP contribution >= 0.6 is 0 Å². The van der Waals surface area contributed by atoms with Crippen molar-refractivity contribution in [3.63, 3.8) is 0 Å². The van der Waals surface area contributed by atoms with Crippen molar-refractivity contribution in [3.8, 4) is 17.1 Å². The summed E-state index contributed by atoms with van der Waals surface area (Å²) >= 11 is 0. The third kappa shape index (κ3) is 3.48. The lowest BCUT2D eigenvalue weighted by Gasteiger charge is -2.10. The van der Waals surface area contributed by atoms with E-state index in [0.29, 0.717) is 29.6 Å². The first kappa shape index (κ1) is 16.6. The minimum Gasteiger partial charge on any atom is -0.493 e. The smallest absolute Gasteiger partial charge is 0.178 e. The Morgan fingerprint density at radius 1 is 1.25 bits per heavy atom. The lowest BCUT2D eigenvalue weighted by Crippen LogP contribution is -2.01. The summed E-state index contributed by atoms with van der Waals surface area (Å²) < 4.78 is 18.1. The Balaban J connectivity index is 1.99. The molecule has 0 bridgehead atoms. The van der Waals surface area contributed by atoms with Gasteiger partial charge in [-0.05, 0) is 43.7 Å². The average molecular weight is 343 g/mol. The minimum absolute atomic E-state index is 0.538. The van der Waals surface area contributed by atoms with Crippen molar-refractivity contribution in [2.75, 3.05) is 12.4 Å². The van der Waals surface area contributed by atoms with Crippen molar-refractivity contribution in [1.82, 2.24) is 15.0 Å². The Kier molecular flexibility index (Phi) is 5.25. The Morgan fingerprint density at radius 3 is 2.88 bits per heavy atom. The molecule has 126 valence electrons. The molecule has 24 heavy (non-hydrogen) atoms. The van der Waals surface area contributed by atoms with Crippen LogP contribution in [0.2, 0.25) is 0 Å².